The van der Waals surface area contributed by atoms with Gasteiger partial charge in [0.1, 0.15) is 0 Å². The molecule has 0 amide bonds. The Morgan fingerprint density at radius 3 is 2.47 bits per heavy atom. The van der Waals surface area contributed by atoms with E-state index in [1.165, 1.54) is 23.2 Å². The van der Waals surface area contributed by atoms with Gasteiger partial charge >= 0.3 is 0 Å². The summed E-state index contributed by atoms with van der Waals surface area (Å²) in [5.74, 6) is 0.279. The molecular weight excluding hydrogens is 392 g/mol. The van der Waals surface area contributed by atoms with Crippen molar-refractivity contribution in [3.63, 3.8) is 0 Å². The van der Waals surface area contributed by atoms with Crippen molar-refractivity contribution in [2.24, 2.45) is 5.92 Å². The molecule has 30 heavy (non-hydrogen) atoms. The molecule has 0 radical (unpaired) electrons. The van der Waals surface area contributed by atoms with Crippen LogP contribution >= 0.6 is 11.6 Å². The standard InChI is InChI=1S/C26H35ClN2O/c1-3-28(4-2)22-14-12-20(13-15-22)25-23-10-7-8-16-26(23,30)17-18-29(25)19-21-9-5-6-11-24(21)27/h5-6,9,11-15,23,25,30H,3-4,7-8,10,16-19H2,1-2H3/t23-,25+,26+/m0/s1. The molecule has 2 fully saturated rings. The molecule has 2 aromatic rings. The molecule has 1 aliphatic carbocycles. The lowest BCUT2D eigenvalue weighted by Crippen LogP contribution is -2.54. The molecular formula is C26H35ClN2O. The van der Waals surface area contributed by atoms with Crippen LogP contribution in [0, 0.1) is 5.92 Å². The zero-order valence-electron chi connectivity index (χ0n) is 18.4. The molecule has 1 saturated heterocycles. The molecule has 0 unspecified atom stereocenters. The van der Waals surface area contributed by atoms with Crippen LogP contribution in [-0.2, 0) is 6.54 Å². The maximum atomic E-state index is 11.5. The number of nitrogens with zero attached hydrogens (tertiary/aromatic N) is 2. The Bertz CT molecular complexity index is 835. The SMILES string of the molecule is CCN(CC)c1ccc([C@@H]2[C@@H]3CCCC[C@@]3(O)CCN2Cc2ccccc2Cl)cc1. The summed E-state index contributed by atoms with van der Waals surface area (Å²) in [5.41, 5.74) is 3.24. The third-order valence-corrected chi connectivity index (χ3v) is 7.73. The monoisotopic (exact) mass is 426 g/mol. The van der Waals surface area contributed by atoms with Crippen LogP contribution in [0.4, 0.5) is 5.69 Å². The summed E-state index contributed by atoms with van der Waals surface area (Å²) in [6, 6.07) is 17.5. The number of likely N-dealkylation sites (tertiary alicyclic amines) is 1. The van der Waals surface area contributed by atoms with E-state index in [9.17, 15) is 5.11 Å². The Morgan fingerprint density at radius 1 is 1.03 bits per heavy atom. The van der Waals surface area contributed by atoms with Gasteiger partial charge in [-0.25, -0.2) is 0 Å². The van der Waals surface area contributed by atoms with E-state index in [2.05, 4.69) is 60.0 Å². The summed E-state index contributed by atoms with van der Waals surface area (Å²) in [6.45, 7) is 8.16. The number of hydrogen-bond acceptors (Lipinski definition) is 3. The predicted octanol–water partition coefficient (Wildman–Crippen LogP) is 6.05. The van der Waals surface area contributed by atoms with Gasteiger partial charge in [-0.2, -0.15) is 0 Å². The second-order valence-electron chi connectivity index (χ2n) is 8.98. The lowest BCUT2D eigenvalue weighted by atomic mass is 9.66. The highest BCUT2D eigenvalue weighted by molar-refractivity contribution is 6.31. The number of benzene rings is 2. The van der Waals surface area contributed by atoms with Crippen LogP contribution in [0.25, 0.3) is 0 Å². The van der Waals surface area contributed by atoms with E-state index in [1.807, 2.05) is 12.1 Å². The fourth-order valence-electron chi connectivity index (χ4n) is 5.68. The van der Waals surface area contributed by atoms with Gasteiger partial charge in [0.2, 0.25) is 0 Å². The number of halogens is 1. The lowest BCUT2D eigenvalue weighted by molar-refractivity contribution is -0.126. The minimum atomic E-state index is -0.530. The second-order valence-corrected chi connectivity index (χ2v) is 9.38. The van der Waals surface area contributed by atoms with Crippen molar-refractivity contribution in [1.29, 1.82) is 0 Å². The molecule has 2 aliphatic rings. The van der Waals surface area contributed by atoms with Crippen LogP contribution in [0.3, 0.4) is 0 Å². The number of rotatable bonds is 6. The van der Waals surface area contributed by atoms with Crippen molar-refractivity contribution < 1.29 is 5.11 Å². The summed E-state index contributed by atoms with van der Waals surface area (Å²) < 4.78 is 0. The van der Waals surface area contributed by atoms with E-state index in [-0.39, 0.29) is 12.0 Å². The molecule has 1 N–H and O–H groups in total. The Hall–Kier alpha value is -1.55. The summed E-state index contributed by atoms with van der Waals surface area (Å²) in [4.78, 5) is 4.93. The number of piperidine rings is 1. The van der Waals surface area contributed by atoms with Crippen molar-refractivity contribution >= 4 is 17.3 Å². The van der Waals surface area contributed by atoms with E-state index in [1.54, 1.807) is 0 Å². The van der Waals surface area contributed by atoms with Crippen LogP contribution < -0.4 is 4.90 Å². The molecule has 2 aromatic carbocycles. The molecule has 1 aliphatic heterocycles. The Labute approximate surface area is 186 Å². The van der Waals surface area contributed by atoms with Crippen molar-refractivity contribution in [2.45, 2.75) is 64.1 Å². The Morgan fingerprint density at radius 2 is 1.77 bits per heavy atom. The van der Waals surface area contributed by atoms with Crippen LogP contribution in [0.2, 0.25) is 5.02 Å². The van der Waals surface area contributed by atoms with Crippen LogP contribution in [-0.4, -0.2) is 35.2 Å². The van der Waals surface area contributed by atoms with Gasteiger partial charge < -0.3 is 10.0 Å². The smallest absolute Gasteiger partial charge is 0.0706 e. The maximum absolute atomic E-state index is 11.5. The first-order valence-corrected chi connectivity index (χ1v) is 12.0. The first kappa shape index (κ1) is 21.7. The summed E-state index contributed by atoms with van der Waals surface area (Å²) in [7, 11) is 0. The minimum Gasteiger partial charge on any atom is -0.389 e. The maximum Gasteiger partial charge on any atom is 0.0706 e. The lowest BCUT2D eigenvalue weighted by Gasteiger charge is -2.53. The number of aliphatic hydroxyl groups is 1. The molecule has 1 saturated carbocycles. The fraction of sp³-hybridized carbons (Fsp3) is 0.538. The Kier molecular flexibility index (Phi) is 6.72. The number of fused-ring (bicyclic) bond motifs is 1. The van der Waals surface area contributed by atoms with Crippen LogP contribution in [0.15, 0.2) is 48.5 Å². The van der Waals surface area contributed by atoms with Gasteiger partial charge in [0.05, 0.1) is 5.60 Å². The van der Waals surface area contributed by atoms with E-state index in [4.69, 9.17) is 11.6 Å². The van der Waals surface area contributed by atoms with Crippen molar-refractivity contribution in [3.05, 3.63) is 64.7 Å². The molecule has 162 valence electrons. The summed E-state index contributed by atoms with van der Waals surface area (Å²) in [5, 5.41) is 12.4. The summed E-state index contributed by atoms with van der Waals surface area (Å²) in [6.07, 6.45) is 5.24. The van der Waals surface area contributed by atoms with E-state index < -0.39 is 5.60 Å². The average Bonchev–Trinajstić information content (AvgIpc) is 2.77. The predicted molar refractivity (Wildman–Crippen MR) is 126 cm³/mol. The largest absolute Gasteiger partial charge is 0.389 e. The third-order valence-electron chi connectivity index (χ3n) is 7.37. The van der Waals surface area contributed by atoms with Gasteiger partial charge in [-0.15, -0.1) is 0 Å². The van der Waals surface area contributed by atoms with Gasteiger partial charge in [-0.1, -0.05) is 54.8 Å². The Balaban J connectivity index is 1.67. The van der Waals surface area contributed by atoms with Gasteiger partial charge in [-0.05, 0) is 62.4 Å². The molecule has 1 heterocycles. The van der Waals surface area contributed by atoms with E-state index >= 15 is 0 Å². The molecule has 3 atom stereocenters. The molecule has 0 bridgehead atoms. The van der Waals surface area contributed by atoms with E-state index in [0.717, 1.165) is 56.9 Å². The van der Waals surface area contributed by atoms with Crippen LogP contribution in [0.1, 0.15) is 63.1 Å². The highest BCUT2D eigenvalue weighted by Gasteiger charge is 2.48. The van der Waals surface area contributed by atoms with Crippen molar-refractivity contribution in [3.8, 4) is 0 Å². The topological polar surface area (TPSA) is 26.7 Å². The van der Waals surface area contributed by atoms with Crippen molar-refractivity contribution in [1.82, 2.24) is 4.90 Å². The zero-order valence-corrected chi connectivity index (χ0v) is 19.1. The third kappa shape index (κ3) is 4.26. The van der Waals surface area contributed by atoms with Gasteiger partial charge in [0.15, 0.2) is 0 Å². The average molecular weight is 427 g/mol. The molecule has 3 nitrogen and oxygen atoms in total. The van der Waals surface area contributed by atoms with Crippen LogP contribution in [0.5, 0.6) is 0 Å². The van der Waals surface area contributed by atoms with Gasteiger partial charge in [0.25, 0.3) is 0 Å². The number of anilines is 1. The van der Waals surface area contributed by atoms with Gasteiger partial charge in [0, 0.05) is 48.8 Å². The highest BCUT2D eigenvalue weighted by atomic mass is 35.5. The highest BCUT2D eigenvalue weighted by Crippen LogP contribution is 2.49. The minimum absolute atomic E-state index is 0.228. The first-order chi connectivity index (χ1) is 14.6. The molecule has 0 spiro atoms. The first-order valence-electron chi connectivity index (χ1n) is 11.6. The summed E-state index contributed by atoms with van der Waals surface area (Å²) >= 11 is 6.51. The zero-order chi connectivity index (χ0) is 21.1. The fourth-order valence-corrected chi connectivity index (χ4v) is 5.87. The number of hydrogen-bond donors (Lipinski definition) is 1. The van der Waals surface area contributed by atoms with E-state index in [0.29, 0.717) is 0 Å². The van der Waals surface area contributed by atoms with Crippen molar-refractivity contribution in [2.75, 3.05) is 24.5 Å². The van der Waals surface area contributed by atoms with Gasteiger partial charge in [-0.3, -0.25) is 4.90 Å². The molecule has 0 aromatic heterocycles. The quantitative estimate of drug-likeness (QED) is 0.608. The normalized spacial score (nSPS) is 26.9. The molecule has 4 rings (SSSR count). The second kappa shape index (κ2) is 9.30. The molecule has 4 heteroatoms.